The lowest BCUT2D eigenvalue weighted by Crippen LogP contribution is -2.34. The van der Waals surface area contributed by atoms with Crippen molar-refractivity contribution >= 4 is 17.7 Å². The van der Waals surface area contributed by atoms with E-state index in [0.717, 1.165) is 0 Å². The largest absolute Gasteiger partial charge is 0.497 e. The summed E-state index contributed by atoms with van der Waals surface area (Å²) in [6, 6.07) is 20.0. The Morgan fingerprint density at radius 1 is 0.590 bits per heavy atom. The maximum absolute atomic E-state index is 13.0. The molecule has 8 nitrogen and oxygen atoms in total. The third-order valence-electron chi connectivity index (χ3n) is 6.71. The number of carbonyl (C=O) groups is 3. The summed E-state index contributed by atoms with van der Waals surface area (Å²) < 4.78 is 26.8. The van der Waals surface area contributed by atoms with Crippen LogP contribution in [0.3, 0.4) is 0 Å². The molecule has 3 aromatic carbocycles. The van der Waals surface area contributed by atoms with Crippen molar-refractivity contribution in [2.45, 2.75) is 26.2 Å². The van der Waals surface area contributed by atoms with Crippen LogP contribution in [-0.2, 0) is 9.47 Å². The zero-order chi connectivity index (χ0) is 28.3. The molecule has 3 aromatic rings. The highest BCUT2D eigenvalue weighted by atomic mass is 16.5. The molecule has 0 fully saturated rings. The molecular formula is C31H34O8. The first-order chi connectivity index (χ1) is 18.8. The van der Waals surface area contributed by atoms with Gasteiger partial charge in [-0.3, -0.25) is 4.79 Å². The summed E-state index contributed by atoms with van der Waals surface area (Å²) in [6.45, 7) is 1.86. The van der Waals surface area contributed by atoms with Gasteiger partial charge < -0.3 is 23.7 Å². The highest BCUT2D eigenvalue weighted by Crippen LogP contribution is 2.31. The van der Waals surface area contributed by atoms with Gasteiger partial charge in [0.15, 0.2) is 5.78 Å². The van der Waals surface area contributed by atoms with Crippen LogP contribution in [0.4, 0.5) is 0 Å². The summed E-state index contributed by atoms with van der Waals surface area (Å²) in [6.07, 6.45) is 1.04. The lowest BCUT2D eigenvalue weighted by atomic mass is 9.81. The molecule has 3 rings (SSSR count). The average Bonchev–Trinajstić information content (AvgIpc) is 3.00. The molecule has 0 bridgehead atoms. The fourth-order valence-electron chi connectivity index (χ4n) is 3.93. The predicted molar refractivity (Wildman–Crippen MR) is 146 cm³/mol. The van der Waals surface area contributed by atoms with E-state index in [1.165, 1.54) is 0 Å². The van der Waals surface area contributed by atoms with Gasteiger partial charge in [-0.2, -0.15) is 0 Å². The minimum Gasteiger partial charge on any atom is -0.497 e. The van der Waals surface area contributed by atoms with Gasteiger partial charge in [-0.1, -0.05) is 6.92 Å². The van der Waals surface area contributed by atoms with Crippen molar-refractivity contribution in [3.05, 3.63) is 89.5 Å². The van der Waals surface area contributed by atoms with Crippen molar-refractivity contribution in [1.82, 2.24) is 0 Å². The zero-order valence-electron chi connectivity index (χ0n) is 22.7. The maximum Gasteiger partial charge on any atom is 0.338 e. The minimum atomic E-state index is -0.771. The standard InChI is InChI=1S/C31H34O8/c1-5-31(19-18-28(32)22-6-12-25(35-2)13-7-22,20-38-29(33)23-8-14-26(36-3)15-9-23)21-39-30(34)24-10-16-27(37-4)17-11-24/h6-17H,5,18-21H2,1-4H3. The van der Waals surface area contributed by atoms with Crippen molar-refractivity contribution in [2.75, 3.05) is 34.5 Å². The van der Waals surface area contributed by atoms with Crippen LogP contribution in [0.2, 0.25) is 0 Å². The number of benzene rings is 3. The Hall–Kier alpha value is -4.33. The predicted octanol–water partition coefficient (Wildman–Crippen LogP) is 5.79. The fraction of sp³-hybridized carbons (Fsp3) is 0.323. The minimum absolute atomic E-state index is 0.0276. The van der Waals surface area contributed by atoms with Crippen molar-refractivity contribution < 1.29 is 38.1 Å². The second-order valence-electron chi connectivity index (χ2n) is 9.11. The molecule has 0 N–H and O–H groups in total. The average molecular weight is 535 g/mol. The highest BCUT2D eigenvalue weighted by Gasteiger charge is 2.33. The van der Waals surface area contributed by atoms with Crippen molar-refractivity contribution in [1.29, 1.82) is 0 Å². The first kappa shape index (κ1) is 29.2. The molecule has 0 heterocycles. The number of ketones is 1. The van der Waals surface area contributed by atoms with Gasteiger partial charge in [0.25, 0.3) is 0 Å². The van der Waals surface area contributed by atoms with E-state index in [4.69, 9.17) is 23.7 Å². The van der Waals surface area contributed by atoms with Crippen molar-refractivity contribution in [3.8, 4) is 17.2 Å². The number of Topliss-reactive ketones (excluding diaryl/α,β-unsaturated/α-hetero) is 1. The van der Waals surface area contributed by atoms with Crippen LogP contribution in [0.1, 0.15) is 57.3 Å². The van der Waals surface area contributed by atoms with Crippen molar-refractivity contribution in [3.63, 3.8) is 0 Å². The zero-order valence-corrected chi connectivity index (χ0v) is 22.7. The summed E-state index contributed by atoms with van der Waals surface area (Å²) in [4.78, 5) is 38.5. The number of esters is 2. The van der Waals surface area contributed by atoms with E-state index in [0.29, 0.717) is 46.8 Å². The maximum atomic E-state index is 13.0. The highest BCUT2D eigenvalue weighted by molar-refractivity contribution is 5.96. The van der Waals surface area contributed by atoms with E-state index >= 15 is 0 Å². The van der Waals surface area contributed by atoms with E-state index < -0.39 is 17.4 Å². The Morgan fingerprint density at radius 3 is 1.28 bits per heavy atom. The first-order valence-corrected chi connectivity index (χ1v) is 12.6. The smallest absolute Gasteiger partial charge is 0.338 e. The number of rotatable bonds is 14. The molecule has 0 saturated heterocycles. The second kappa shape index (κ2) is 14.0. The first-order valence-electron chi connectivity index (χ1n) is 12.6. The molecule has 0 aliphatic heterocycles. The molecule has 0 unspecified atom stereocenters. The van der Waals surface area contributed by atoms with Crippen LogP contribution >= 0.6 is 0 Å². The number of carbonyl (C=O) groups excluding carboxylic acids is 3. The Kier molecular flexibility index (Phi) is 10.5. The normalized spacial score (nSPS) is 10.9. The van der Waals surface area contributed by atoms with Gasteiger partial charge >= 0.3 is 11.9 Å². The molecule has 0 amide bonds. The van der Waals surface area contributed by atoms with Crippen LogP contribution in [0.25, 0.3) is 0 Å². The molecule has 0 spiro atoms. The van der Waals surface area contributed by atoms with E-state index in [-0.39, 0.29) is 25.4 Å². The quantitative estimate of drug-likeness (QED) is 0.190. The van der Waals surface area contributed by atoms with Gasteiger partial charge in [0.05, 0.1) is 32.5 Å². The number of methoxy groups -OCH3 is 3. The van der Waals surface area contributed by atoms with E-state index in [1.54, 1.807) is 94.1 Å². The Balaban J connectivity index is 1.73. The Bertz CT molecular complexity index is 1080. The molecule has 0 atom stereocenters. The lowest BCUT2D eigenvalue weighted by Gasteiger charge is -2.31. The molecule has 8 heteroatoms. The molecule has 206 valence electrons. The van der Waals surface area contributed by atoms with Crippen molar-refractivity contribution in [2.24, 2.45) is 5.41 Å². The Labute approximate surface area is 228 Å². The van der Waals surface area contributed by atoms with Crippen LogP contribution in [-0.4, -0.2) is 52.3 Å². The van der Waals surface area contributed by atoms with Crippen LogP contribution < -0.4 is 14.2 Å². The summed E-state index contributed by atoms with van der Waals surface area (Å²) >= 11 is 0. The summed E-state index contributed by atoms with van der Waals surface area (Å²) in [5.74, 6) is 0.801. The SMILES string of the molecule is CCC(CCC(=O)c1ccc(OC)cc1)(COC(=O)c1ccc(OC)cc1)COC(=O)c1ccc(OC)cc1. The second-order valence-corrected chi connectivity index (χ2v) is 9.11. The molecule has 39 heavy (non-hydrogen) atoms. The third-order valence-corrected chi connectivity index (χ3v) is 6.71. The summed E-state index contributed by atoms with van der Waals surface area (Å²) in [5, 5.41) is 0. The molecule has 0 saturated carbocycles. The van der Waals surface area contributed by atoms with E-state index in [1.807, 2.05) is 6.92 Å². The molecule has 0 aromatic heterocycles. The van der Waals surface area contributed by atoms with E-state index in [9.17, 15) is 14.4 Å². The summed E-state index contributed by atoms with van der Waals surface area (Å²) in [5.41, 5.74) is 0.508. The molecular weight excluding hydrogens is 500 g/mol. The van der Waals surface area contributed by atoms with E-state index in [2.05, 4.69) is 0 Å². The lowest BCUT2D eigenvalue weighted by molar-refractivity contribution is -0.0104. The van der Waals surface area contributed by atoms with Crippen LogP contribution in [0.5, 0.6) is 17.2 Å². The molecule has 0 aliphatic rings. The van der Waals surface area contributed by atoms with Gasteiger partial charge in [0.1, 0.15) is 30.5 Å². The topological polar surface area (TPSA) is 97.4 Å². The summed E-state index contributed by atoms with van der Waals surface area (Å²) in [7, 11) is 4.65. The number of ether oxygens (including phenoxy) is 5. The van der Waals surface area contributed by atoms with Gasteiger partial charge in [-0.25, -0.2) is 9.59 Å². The van der Waals surface area contributed by atoms with Gasteiger partial charge in [-0.05, 0) is 85.6 Å². The third kappa shape index (κ3) is 8.07. The van der Waals surface area contributed by atoms with Gasteiger partial charge in [-0.15, -0.1) is 0 Å². The number of hydrogen-bond donors (Lipinski definition) is 0. The van der Waals surface area contributed by atoms with Crippen LogP contribution in [0, 0.1) is 5.41 Å². The van der Waals surface area contributed by atoms with Gasteiger partial charge in [0.2, 0.25) is 0 Å². The molecule has 0 aliphatic carbocycles. The van der Waals surface area contributed by atoms with Crippen LogP contribution in [0.15, 0.2) is 72.8 Å². The fourth-order valence-corrected chi connectivity index (χ4v) is 3.93. The number of hydrogen-bond acceptors (Lipinski definition) is 8. The van der Waals surface area contributed by atoms with Gasteiger partial charge in [0, 0.05) is 17.4 Å². The molecule has 0 radical (unpaired) electrons. The monoisotopic (exact) mass is 534 g/mol. The Morgan fingerprint density at radius 2 is 0.949 bits per heavy atom.